The van der Waals surface area contributed by atoms with Gasteiger partial charge in [0.1, 0.15) is 17.4 Å². The standard InChI is InChI=1S/C28H36N6O2/c1-3-10-23(28(36)30-20-11-9-12-21(18-20)33-14-7-8-15-33)31-27(35)22-17-19(2)29-26-25(22)32-24-13-5-4-6-16-34(24)26/h9,11-12,17-18,23H,3-8,10,13-16H2,1-2H3,(H,30,36)(H,31,35). The Kier molecular flexibility index (Phi) is 7.20. The first kappa shape index (κ1) is 24.3. The first-order valence-electron chi connectivity index (χ1n) is 13.4. The molecule has 2 aromatic heterocycles. The van der Waals surface area contributed by atoms with Gasteiger partial charge in [-0.15, -0.1) is 0 Å². The lowest BCUT2D eigenvalue weighted by Crippen LogP contribution is -2.43. The molecule has 5 rings (SSSR count). The molecule has 2 aliphatic heterocycles. The summed E-state index contributed by atoms with van der Waals surface area (Å²) < 4.78 is 2.16. The Morgan fingerprint density at radius 1 is 1.03 bits per heavy atom. The highest BCUT2D eigenvalue weighted by atomic mass is 16.2. The third-order valence-corrected chi connectivity index (χ3v) is 7.22. The predicted octanol–water partition coefficient (Wildman–Crippen LogP) is 4.60. The summed E-state index contributed by atoms with van der Waals surface area (Å²) in [6.45, 7) is 6.88. The number of nitrogens with zero attached hydrogens (tertiary/aromatic N) is 4. The molecule has 1 aromatic carbocycles. The lowest BCUT2D eigenvalue weighted by atomic mass is 10.1. The van der Waals surface area contributed by atoms with Crippen LogP contribution in [0.5, 0.6) is 0 Å². The number of rotatable bonds is 7. The molecule has 4 heterocycles. The zero-order valence-electron chi connectivity index (χ0n) is 21.3. The van der Waals surface area contributed by atoms with E-state index in [4.69, 9.17) is 9.97 Å². The van der Waals surface area contributed by atoms with Crippen LogP contribution in [-0.4, -0.2) is 45.5 Å². The number of amides is 2. The van der Waals surface area contributed by atoms with Crippen molar-refractivity contribution < 1.29 is 9.59 Å². The van der Waals surface area contributed by atoms with Crippen LogP contribution in [0.3, 0.4) is 0 Å². The number of pyridine rings is 1. The third-order valence-electron chi connectivity index (χ3n) is 7.22. The van der Waals surface area contributed by atoms with Crippen molar-refractivity contribution in [1.29, 1.82) is 0 Å². The largest absolute Gasteiger partial charge is 0.371 e. The van der Waals surface area contributed by atoms with Crippen LogP contribution in [0.4, 0.5) is 11.4 Å². The highest BCUT2D eigenvalue weighted by molar-refractivity contribution is 6.07. The number of carbonyl (C=O) groups is 2. The van der Waals surface area contributed by atoms with Crippen molar-refractivity contribution in [3.05, 3.63) is 47.4 Å². The fraction of sp³-hybridized carbons (Fsp3) is 0.500. The fourth-order valence-electron chi connectivity index (χ4n) is 5.37. The molecule has 1 atom stereocenters. The molecule has 1 saturated heterocycles. The summed E-state index contributed by atoms with van der Waals surface area (Å²) in [6, 6.07) is 9.11. The van der Waals surface area contributed by atoms with E-state index in [1.165, 1.54) is 19.3 Å². The molecule has 3 aromatic rings. The second-order valence-electron chi connectivity index (χ2n) is 10.0. The summed E-state index contributed by atoms with van der Waals surface area (Å²) >= 11 is 0. The fourth-order valence-corrected chi connectivity index (χ4v) is 5.37. The van der Waals surface area contributed by atoms with E-state index < -0.39 is 6.04 Å². The summed E-state index contributed by atoms with van der Waals surface area (Å²) in [5, 5.41) is 6.03. The molecule has 2 N–H and O–H groups in total. The van der Waals surface area contributed by atoms with E-state index in [0.29, 0.717) is 17.5 Å². The molecule has 0 bridgehead atoms. The Morgan fingerprint density at radius 2 is 1.83 bits per heavy atom. The molecular formula is C28H36N6O2. The van der Waals surface area contributed by atoms with Crippen LogP contribution >= 0.6 is 0 Å². The van der Waals surface area contributed by atoms with Gasteiger partial charge in [-0.3, -0.25) is 9.59 Å². The van der Waals surface area contributed by atoms with E-state index in [9.17, 15) is 9.59 Å². The Hall–Kier alpha value is -3.42. The van der Waals surface area contributed by atoms with E-state index >= 15 is 0 Å². The maximum atomic E-state index is 13.5. The van der Waals surface area contributed by atoms with E-state index in [2.05, 4.69) is 26.2 Å². The van der Waals surface area contributed by atoms with Crippen LogP contribution < -0.4 is 15.5 Å². The molecule has 190 valence electrons. The molecule has 36 heavy (non-hydrogen) atoms. The Morgan fingerprint density at radius 3 is 2.64 bits per heavy atom. The molecule has 0 spiro atoms. The molecule has 0 aliphatic carbocycles. The molecule has 1 unspecified atom stereocenters. The number of nitrogens with one attached hydrogen (secondary N) is 2. The van der Waals surface area contributed by atoms with Gasteiger partial charge in [0.15, 0.2) is 5.65 Å². The highest BCUT2D eigenvalue weighted by Crippen LogP contribution is 2.25. The molecule has 2 amide bonds. The first-order chi connectivity index (χ1) is 17.5. The highest BCUT2D eigenvalue weighted by Gasteiger charge is 2.25. The zero-order chi connectivity index (χ0) is 25.1. The van der Waals surface area contributed by atoms with Crippen LogP contribution in [0.1, 0.15) is 73.7 Å². The van der Waals surface area contributed by atoms with Crippen molar-refractivity contribution in [2.24, 2.45) is 0 Å². The third kappa shape index (κ3) is 5.08. The van der Waals surface area contributed by atoms with E-state index in [1.807, 2.05) is 32.0 Å². The molecule has 8 nitrogen and oxygen atoms in total. The number of carbonyl (C=O) groups excluding carboxylic acids is 2. The normalized spacial score (nSPS) is 16.4. The van der Waals surface area contributed by atoms with Gasteiger partial charge in [-0.1, -0.05) is 25.8 Å². The van der Waals surface area contributed by atoms with Crippen LogP contribution in [0, 0.1) is 6.92 Å². The summed E-state index contributed by atoms with van der Waals surface area (Å²) in [5.74, 6) is 0.514. The minimum absolute atomic E-state index is 0.202. The lowest BCUT2D eigenvalue weighted by Gasteiger charge is -2.20. The minimum Gasteiger partial charge on any atom is -0.371 e. The SMILES string of the molecule is CCCC(NC(=O)c1cc(C)nc2c1nc1n2CCCCC1)C(=O)Nc1cccc(N2CCCC2)c1. The summed E-state index contributed by atoms with van der Waals surface area (Å²) in [4.78, 5) is 38.6. The molecule has 8 heteroatoms. The van der Waals surface area contributed by atoms with Crippen molar-refractivity contribution in [1.82, 2.24) is 19.9 Å². The lowest BCUT2D eigenvalue weighted by molar-refractivity contribution is -0.118. The van der Waals surface area contributed by atoms with Gasteiger partial charge in [-0.25, -0.2) is 9.97 Å². The van der Waals surface area contributed by atoms with Gasteiger partial charge in [0.05, 0.1) is 5.56 Å². The minimum atomic E-state index is -0.637. The topological polar surface area (TPSA) is 92.1 Å². The summed E-state index contributed by atoms with van der Waals surface area (Å²) in [5.41, 5.74) is 4.53. The van der Waals surface area contributed by atoms with Crippen molar-refractivity contribution in [2.45, 2.75) is 77.8 Å². The van der Waals surface area contributed by atoms with Gasteiger partial charge < -0.3 is 20.1 Å². The van der Waals surface area contributed by atoms with Gasteiger partial charge in [-0.2, -0.15) is 0 Å². The maximum Gasteiger partial charge on any atom is 0.254 e. The number of aryl methyl sites for hydroxylation is 3. The monoisotopic (exact) mass is 488 g/mol. The molecule has 1 fully saturated rings. The van der Waals surface area contributed by atoms with Crippen molar-refractivity contribution in [2.75, 3.05) is 23.3 Å². The second kappa shape index (κ2) is 10.7. The Labute approximate surface area is 212 Å². The number of imidazole rings is 1. The van der Waals surface area contributed by atoms with Gasteiger partial charge in [0.25, 0.3) is 5.91 Å². The first-order valence-corrected chi connectivity index (χ1v) is 13.4. The number of anilines is 2. The van der Waals surface area contributed by atoms with E-state index in [0.717, 1.165) is 73.9 Å². The molecule has 0 saturated carbocycles. The number of aromatic nitrogens is 3. The zero-order valence-corrected chi connectivity index (χ0v) is 21.3. The number of benzene rings is 1. The maximum absolute atomic E-state index is 13.5. The molecule has 0 radical (unpaired) electrons. The Bertz CT molecular complexity index is 1260. The smallest absolute Gasteiger partial charge is 0.254 e. The average Bonchev–Trinajstić information content (AvgIpc) is 3.46. The average molecular weight is 489 g/mol. The summed E-state index contributed by atoms with van der Waals surface area (Å²) in [7, 11) is 0. The van der Waals surface area contributed by atoms with Gasteiger partial charge in [0.2, 0.25) is 5.91 Å². The second-order valence-corrected chi connectivity index (χ2v) is 10.0. The van der Waals surface area contributed by atoms with Gasteiger partial charge in [-0.05, 0) is 63.3 Å². The van der Waals surface area contributed by atoms with Crippen LogP contribution in [0.25, 0.3) is 11.2 Å². The van der Waals surface area contributed by atoms with Crippen LogP contribution in [0.2, 0.25) is 0 Å². The van der Waals surface area contributed by atoms with E-state index in [-0.39, 0.29) is 11.8 Å². The van der Waals surface area contributed by atoms with Crippen molar-refractivity contribution in [3.8, 4) is 0 Å². The van der Waals surface area contributed by atoms with Crippen molar-refractivity contribution in [3.63, 3.8) is 0 Å². The van der Waals surface area contributed by atoms with Gasteiger partial charge >= 0.3 is 0 Å². The summed E-state index contributed by atoms with van der Waals surface area (Å²) in [6.07, 6.45) is 7.98. The molecule has 2 aliphatic rings. The molecular weight excluding hydrogens is 452 g/mol. The van der Waals surface area contributed by atoms with E-state index in [1.54, 1.807) is 6.07 Å². The van der Waals surface area contributed by atoms with Crippen molar-refractivity contribution >= 4 is 34.4 Å². The number of fused-ring (bicyclic) bond motifs is 3. The van der Waals surface area contributed by atoms with Crippen LogP contribution in [-0.2, 0) is 17.8 Å². The Balaban J connectivity index is 1.36. The number of hydrogen-bond donors (Lipinski definition) is 2. The van der Waals surface area contributed by atoms with Crippen LogP contribution in [0.15, 0.2) is 30.3 Å². The predicted molar refractivity (Wildman–Crippen MR) is 143 cm³/mol. The van der Waals surface area contributed by atoms with Gasteiger partial charge in [0, 0.05) is 43.1 Å². The quantitative estimate of drug-likeness (QED) is 0.507. The number of hydrogen-bond acceptors (Lipinski definition) is 5.